The molecule has 0 saturated carbocycles. The van der Waals surface area contributed by atoms with Gasteiger partial charge in [0.15, 0.2) is 0 Å². The SMILES string of the molecule is COC(=O)C(N)CSCCCCO. The minimum atomic E-state index is -0.524. The number of unbranched alkanes of at least 4 members (excludes halogenated alkanes) is 1. The van der Waals surface area contributed by atoms with Crippen LogP contribution in [0.25, 0.3) is 0 Å². The molecule has 0 aromatic carbocycles. The molecule has 0 rings (SSSR count). The van der Waals surface area contributed by atoms with Gasteiger partial charge in [-0.1, -0.05) is 0 Å². The first-order valence-corrected chi connectivity index (χ1v) is 5.40. The summed E-state index contributed by atoms with van der Waals surface area (Å²) in [5.74, 6) is 1.14. The number of hydrogen-bond donors (Lipinski definition) is 2. The number of nitrogens with two attached hydrogens (primary N) is 1. The smallest absolute Gasteiger partial charge is 0.323 e. The number of carbonyl (C=O) groups is 1. The molecule has 1 unspecified atom stereocenters. The highest BCUT2D eigenvalue weighted by Crippen LogP contribution is 2.06. The summed E-state index contributed by atoms with van der Waals surface area (Å²) in [6.45, 7) is 0.226. The summed E-state index contributed by atoms with van der Waals surface area (Å²) >= 11 is 1.61. The van der Waals surface area contributed by atoms with Crippen LogP contribution in [-0.4, -0.2) is 42.3 Å². The fourth-order valence-electron chi connectivity index (χ4n) is 0.746. The van der Waals surface area contributed by atoms with Crippen LogP contribution in [-0.2, 0) is 9.53 Å². The molecule has 0 aliphatic carbocycles. The highest BCUT2D eigenvalue weighted by Gasteiger charge is 2.12. The van der Waals surface area contributed by atoms with Crippen LogP contribution in [0.1, 0.15) is 12.8 Å². The molecule has 0 amide bonds. The average Bonchev–Trinajstić information content (AvgIpc) is 2.16. The van der Waals surface area contributed by atoms with Gasteiger partial charge in [0.1, 0.15) is 6.04 Å². The average molecular weight is 207 g/mol. The third-order valence-corrected chi connectivity index (χ3v) is 2.67. The number of rotatable bonds is 7. The van der Waals surface area contributed by atoms with Gasteiger partial charge < -0.3 is 15.6 Å². The molecular weight excluding hydrogens is 190 g/mol. The van der Waals surface area contributed by atoms with Crippen LogP contribution >= 0.6 is 11.8 Å². The first-order valence-electron chi connectivity index (χ1n) is 4.24. The van der Waals surface area contributed by atoms with E-state index in [0.717, 1.165) is 18.6 Å². The Hall–Kier alpha value is -0.260. The first kappa shape index (κ1) is 12.7. The van der Waals surface area contributed by atoms with Crippen LogP contribution in [0.15, 0.2) is 0 Å². The van der Waals surface area contributed by atoms with E-state index in [9.17, 15) is 4.79 Å². The molecule has 5 heteroatoms. The van der Waals surface area contributed by atoms with Crippen LogP contribution in [0.4, 0.5) is 0 Å². The van der Waals surface area contributed by atoms with Crippen LogP contribution in [0.3, 0.4) is 0 Å². The minimum absolute atomic E-state index is 0.226. The summed E-state index contributed by atoms with van der Waals surface area (Å²) in [7, 11) is 1.33. The number of ether oxygens (including phenoxy) is 1. The summed E-state index contributed by atoms with van der Waals surface area (Å²) in [5, 5.41) is 8.49. The number of carbonyl (C=O) groups excluding carboxylic acids is 1. The van der Waals surface area contributed by atoms with E-state index in [0.29, 0.717) is 5.75 Å². The molecule has 78 valence electrons. The van der Waals surface area contributed by atoms with E-state index in [4.69, 9.17) is 10.8 Å². The molecule has 0 aromatic heterocycles. The van der Waals surface area contributed by atoms with E-state index < -0.39 is 6.04 Å². The lowest BCUT2D eigenvalue weighted by Gasteiger charge is -2.07. The molecule has 4 nitrogen and oxygen atoms in total. The van der Waals surface area contributed by atoms with E-state index in [1.165, 1.54) is 7.11 Å². The monoisotopic (exact) mass is 207 g/mol. The Bertz CT molecular complexity index is 143. The zero-order valence-corrected chi connectivity index (χ0v) is 8.68. The Balaban J connectivity index is 3.26. The molecular formula is C8H17NO3S. The van der Waals surface area contributed by atoms with Gasteiger partial charge in [-0.2, -0.15) is 11.8 Å². The van der Waals surface area contributed by atoms with Gasteiger partial charge >= 0.3 is 5.97 Å². The summed E-state index contributed by atoms with van der Waals surface area (Å²) in [5.41, 5.74) is 5.50. The van der Waals surface area contributed by atoms with E-state index >= 15 is 0 Å². The number of thioether (sulfide) groups is 1. The zero-order valence-electron chi connectivity index (χ0n) is 7.86. The highest BCUT2D eigenvalue weighted by atomic mass is 32.2. The van der Waals surface area contributed by atoms with Gasteiger partial charge in [0.2, 0.25) is 0 Å². The third kappa shape index (κ3) is 6.86. The molecule has 0 fully saturated rings. The molecule has 0 aliphatic rings. The maximum Gasteiger partial charge on any atom is 0.323 e. The number of aliphatic hydroxyl groups is 1. The lowest BCUT2D eigenvalue weighted by molar-refractivity contribution is -0.141. The van der Waals surface area contributed by atoms with Gasteiger partial charge in [0.05, 0.1) is 7.11 Å². The predicted octanol–water partition coefficient (Wildman–Crippen LogP) is -0.00760. The van der Waals surface area contributed by atoms with Crippen molar-refractivity contribution in [3.05, 3.63) is 0 Å². The van der Waals surface area contributed by atoms with E-state index in [2.05, 4.69) is 4.74 Å². The summed E-state index contributed by atoms with van der Waals surface area (Å²) in [4.78, 5) is 10.8. The van der Waals surface area contributed by atoms with Crippen molar-refractivity contribution in [1.29, 1.82) is 0 Å². The normalized spacial score (nSPS) is 12.5. The maximum atomic E-state index is 10.8. The van der Waals surface area contributed by atoms with E-state index in [1.807, 2.05) is 0 Å². The van der Waals surface area contributed by atoms with Crippen molar-refractivity contribution in [1.82, 2.24) is 0 Å². The topological polar surface area (TPSA) is 72.5 Å². The van der Waals surface area contributed by atoms with Crippen LogP contribution in [0.5, 0.6) is 0 Å². The van der Waals surface area contributed by atoms with Crippen molar-refractivity contribution in [2.45, 2.75) is 18.9 Å². The van der Waals surface area contributed by atoms with Crippen molar-refractivity contribution in [3.8, 4) is 0 Å². The van der Waals surface area contributed by atoms with Gasteiger partial charge in [-0.05, 0) is 18.6 Å². The fraction of sp³-hybridized carbons (Fsp3) is 0.875. The Morgan fingerprint density at radius 2 is 2.31 bits per heavy atom. The number of hydrogen-bond acceptors (Lipinski definition) is 5. The molecule has 0 radical (unpaired) electrons. The largest absolute Gasteiger partial charge is 0.468 e. The molecule has 0 heterocycles. The Kier molecular flexibility index (Phi) is 8.18. The molecule has 0 bridgehead atoms. The van der Waals surface area contributed by atoms with Gasteiger partial charge in [-0.25, -0.2) is 0 Å². The molecule has 0 spiro atoms. The summed E-state index contributed by atoms with van der Waals surface area (Å²) < 4.78 is 4.47. The van der Waals surface area contributed by atoms with Crippen molar-refractivity contribution < 1.29 is 14.6 Å². The first-order chi connectivity index (χ1) is 6.22. The standard InChI is InChI=1S/C8H17NO3S/c1-12-8(11)7(9)6-13-5-3-2-4-10/h7,10H,2-6,9H2,1H3. The predicted molar refractivity (Wildman–Crippen MR) is 53.6 cm³/mol. The zero-order chi connectivity index (χ0) is 10.1. The van der Waals surface area contributed by atoms with Gasteiger partial charge in [0.25, 0.3) is 0 Å². The molecule has 0 aromatic rings. The second-order valence-corrected chi connectivity index (χ2v) is 3.79. The molecule has 13 heavy (non-hydrogen) atoms. The third-order valence-electron chi connectivity index (χ3n) is 1.50. The van der Waals surface area contributed by atoms with Crippen molar-refractivity contribution in [2.24, 2.45) is 5.73 Å². The second-order valence-electron chi connectivity index (χ2n) is 2.64. The highest BCUT2D eigenvalue weighted by molar-refractivity contribution is 7.99. The van der Waals surface area contributed by atoms with Crippen LogP contribution in [0.2, 0.25) is 0 Å². The van der Waals surface area contributed by atoms with Gasteiger partial charge in [-0.3, -0.25) is 4.79 Å². The number of esters is 1. The quantitative estimate of drug-likeness (QED) is 0.454. The lowest BCUT2D eigenvalue weighted by Crippen LogP contribution is -2.33. The summed E-state index contributed by atoms with van der Waals surface area (Å²) in [6.07, 6.45) is 1.76. The molecule has 0 aliphatic heterocycles. The number of aliphatic hydroxyl groups excluding tert-OH is 1. The summed E-state index contributed by atoms with van der Waals surface area (Å²) in [6, 6.07) is -0.524. The van der Waals surface area contributed by atoms with Gasteiger partial charge in [0, 0.05) is 12.4 Å². The lowest BCUT2D eigenvalue weighted by atomic mass is 10.4. The minimum Gasteiger partial charge on any atom is -0.468 e. The fourth-order valence-corrected chi connectivity index (χ4v) is 1.71. The molecule has 1 atom stereocenters. The van der Waals surface area contributed by atoms with Crippen molar-refractivity contribution in [3.63, 3.8) is 0 Å². The second kappa shape index (κ2) is 8.34. The van der Waals surface area contributed by atoms with Crippen molar-refractivity contribution in [2.75, 3.05) is 25.2 Å². The molecule has 0 saturated heterocycles. The van der Waals surface area contributed by atoms with Crippen LogP contribution in [0, 0.1) is 0 Å². The maximum absolute atomic E-state index is 10.8. The van der Waals surface area contributed by atoms with Crippen molar-refractivity contribution >= 4 is 17.7 Å². The molecule has 3 N–H and O–H groups in total. The Morgan fingerprint density at radius 1 is 1.62 bits per heavy atom. The Morgan fingerprint density at radius 3 is 2.85 bits per heavy atom. The number of methoxy groups -OCH3 is 1. The van der Waals surface area contributed by atoms with E-state index in [1.54, 1.807) is 11.8 Å². The van der Waals surface area contributed by atoms with E-state index in [-0.39, 0.29) is 12.6 Å². The van der Waals surface area contributed by atoms with Crippen LogP contribution < -0.4 is 5.73 Å². The van der Waals surface area contributed by atoms with Gasteiger partial charge in [-0.15, -0.1) is 0 Å². The Labute approximate surface area is 82.8 Å².